The molecule has 0 saturated carbocycles. The molecule has 3 aromatic rings. The molecule has 0 fully saturated rings. The zero-order valence-electron chi connectivity index (χ0n) is 16.2. The van der Waals surface area contributed by atoms with Crippen LogP contribution in [-0.4, -0.2) is 26.1 Å². The molecule has 0 saturated heterocycles. The Morgan fingerprint density at radius 2 is 1.83 bits per heavy atom. The number of carbonyl (C=O) groups excluding carboxylic acids is 1. The van der Waals surface area contributed by atoms with E-state index < -0.39 is 11.7 Å². The third-order valence-electron chi connectivity index (χ3n) is 4.65. The largest absolute Gasteiger partial charge is 0.416 e. The van der Waals surface area contributed by atoms with E-state index in [9.17, 15) is 18.0 Å². The Morgan fingerprint density at radius 3 is 2.41 bits per heavy atom. The van der Waals surface area contributed by atoms with Gasteiger partial charge >= 0.3 is 6.18 Å². The molecule has 1 atom stereocenters. The van der Waals surface area contributed by atoms with Crippen molar-refractivity contribution >= 4 is 11.6 Å². The number of benzene rings is 2. The highest BCUT2D eigenvalue weighted by Crippen LogP contribution is 2.30. The van der Waals surface area contributed by atoms with Crippen molar-refractivity contribution in [3.8, 4) is 5.69 Å². The molecular weight excluding hydrogens is 383 g/mol. The minimum Gasteiger partial charge on any atom is -0.326 e. The number of aromatic nitrogens is 4. The second-order valence-corrected chi connectivity index (χ2v) is 6.91. The third kappa shape index (κ3) is 4.79. The molecule has 1 amide bonds. The first-order valence-electron chi connectivity index (χ1n) is 8.98. The molecule has 0 bridgehead atoms. The first-order valence-corrected chi connectivity index (χ1v) is 8.98. The maximum Gasteiger partial charge on any atom is 0.416 e. The lowest BCUT2D eigenvalue weighted by Gasteiger charge is -2.14. The summed E-state index contributed by atoms with van der Waals surface area (Å²) in [6.45, 7) is 5.48. The van der Waals surface area contributed by atoms with E-state index in [1.165, 1.54) is 12.1 Å². The van der Waals surface area contributed by atoms with Gasteiger partial charge < -0.3 is 5.32 Å². The number of tetrazole rings is 1. The Labute approximate surface area is 165 Å². The van der Waals surface area contributed by atoms with E-state index in [-0.39, 0.29) is 18.2 Å². The maximum absolute atomic E-state index is 12.7. The Balaban J connectivity index is 1.68. The molecule has 0 aliphatic carbocycles. The average molecular weight is 403 g/mol. The normalized spacial score (nSPS) is 12.6. The van der Waals surface area contributed by atoms with Gasteiger partial charge in [0.2, 0.25) is 5.91 Å². The minimum atomic E-state index is -4.37. The molecule has 9 heteroatoms. The van der Waals surface area contributed by atoms with E-state index in [1.807, 2.05) is 13.0 Å². The van der Waals surface area contributed by atoms with Crippen LogP contribution in [0, 0.1) is 13.8 Å². The van der Waals surface area contributed by atoms with Gasteiger partial charge in [0.05, 0.1) is 11.3 Å². The zero-order valence-corrected chi connectivity index (χ0v) is 16.2. The van der Waals surface area contributed by atoms with Gasteiger partial charge in [-0.05, 0) is 65.6 Å². The van der Waals surface area contributed by atoms with Gasteiger partial charge in [-0.2, -0.15) is 17.9 Å². The number of carbonyl (C=O) groups is 1. The molecule has 0 aliphatic rings. The lowest BCUT2D eigenvalue weighted by molar-refractivity contribution is -0.137. The number of hydrogen-bond acceptors (Lipinski definition) is 4. The molecular formula is C20H20F3N5O. The second-order valence-electron chi connectivity index (χ2n) is 6.91. The van der Waals surface area contributed by atoms with Gasteiger partial charge in [-0.3, -0.25) is 4.79 Å². The predicted octanol–water partition coefficient (Wildman–Crippen LogP) is 4.43. The molecule has 0 aliphatic heterocycles. The summed E-state index contributed by atoms with van der Waals surface area (Å²) in [6.07, 6.45) is -4.24. The van der Waals surface area contributed by atoms with Gasteiger partial charge in [0.25, 0.3) is 0 Å². The third-order valence-corrected chi connectivity index (χ3v) is 4.65. The molecule has 6 nitrogen and oxygen atoms in total. The summed E-state index contributed by atoms with van der Waals surface area (Å²) in [7, 11) is 0. The van der Waals surface area contributed by atoms with Crippen molar-refractivity contribution < 1.29 is 18.0 Å². The summed E-state index contributed by atoms with van der Waals surface area (Å²) in [5.74, 6) is 0.150. The minimum absolute atomic E-state index is 0.137. The standard InChI is InChI=1S/C20H20F3N5O/c1-12-4-9-17(11-18(12)28-14(3)25-26-27-28)24-19(29)10-13(2)15-5-7-16(8-6-15)20(21,22)23/h4-9,11,13H,10H2,1-3H3,(H,24,29). The monoisotopic (exact) mass is 403 g/mol. The number of amides is 1. The fraction of sp³-hybridized carbons (Fsp3) is 0.300. The first-order chi connectivity index (χ1) is 13.6. The number of anilines is 1. The maximum atomic E-state index is 12.7. The van der Waals surface area contributed by atoms with E-state index >= 15 is 0 Å². The van der Waals surface area contributed by atoms with Crippen LogP contribution in [-0.2, 0) is 11.0 Å². The second kappa shape index (κ2) is 8.02. The number of halogens is 3. The van der Waals surface area contributed by atoms with Crippen molar-refractivity contribution in [3.05, 3.63) is 65.0 Å². The van der Waals surface area contributed by atoms with Crippen molar-refractivity contribution in [2.24, 2.45) is 0 Å². The number of alkyl halides is 3. The van der Waals surface area contributed by atoms with Gasteiger partial charge in [0, 0.05) is 12.1 Å². The van der Waals surface area contributed by atoms with Gasteiger partial charge in [0.1, 0.15) is 0 Å². The molecule has 1 unspecified atom stereocenters. The highest BCUT2D eigenvalue weighted by atomic mass is 19.4. The molecule has 1 aromatic heterocycles. The van der Waals surface area contributed by atoms with Crippen LogP contribution in [0.5, 0.6) is 0 Å². The zero-order chi connectivity index (χ0) is 21.2. The highest BCUT2D eigenvalue weighted by molar-refractivity contribution is 5.91. The van der Waals surface area contributed by atoms with Crippen molar-refractivity contribution in [2.75, 3.05) is 5.32 Å². The molecule has 29 heavy (non-hydrogen) atoms. The molecule has 1 N–H and O–H groups in total. The van der Waals surface area contributed by atoms with Crippen LogP contribution in [0.25, 0.3) is 5.69 Å². The van der Waals surface area contributed by atoms with E-state index in [0.717, 1.165) is 23.4 Å². The van der Waals surface area contributed by atoms with Crippen molar-refractivity contribution in [2.45, 2.75) is 39.3 Å². The van der Waals surface area contributed by atoms with Crippen LogP contribution < -0.4 is 5.32 Å². The Kier molecular flexibility index (Phi) is 5.67. The van der Waals surface area contributed by atoms with E-state index in [4.69, 9.17) is 0 Å². The van der Waals surface area contributed by atoms with Crippen LogP contribution in [0.2, 0.25) is 0 Å². The number of hydrogen-bond donors (Lipinski definition) is 1. The predicted molar refractivity (Wildman–Crippen MR) is 102 cm³/mol. The smallest absolute Gasteiger partial charge is 0.326 e. The molecule has 152 valence electrons. The SMILES string of the molecule is Cc1ccc(NC(=O)CC(C)c2ccc(C(F)(F)F)cc2)cc1-n1nnnc1C. The van der Waals surface area contributed by atoms with E-state index in [2.05, 4.69) is 20.8 Å². The molecule has 0 spiro atoms. The van der Waals surface area contributed by atoms with E-state index in [1.54, 1.807) is 30.7 Å². The molecule has 2 aromatic carbocycles. The van der Waals surface area contributed by atoms with Gasteiger partial charge in [-0.1, -0.05) is 25.1 Å². The molecule has 3 rings (SSSR count). The van der Waals surface area contributed by atoms with Crippen LogP contribution in [0.3, 0.4) is 0 Å². The Morgan fingerprint density at radius 1 is 1.14 bits per heavy atom. The Hall–Kier alpha value is -3.23. The fourth-order valence-electron chi connectivity index (χ4n) is 2.98. The number of nitrogens with one attached hydrogen (secondary N) is 1. The van der Waals surface area contributed by atoms with Crippen LogP contribution in [0.15, 0.2) is 42.5 Å². The van der Waals surface area contributed by atoms with Crippen LogP contribution >= 0.6 is 0 Å². The highest BCUT2D eigenvalue weighted by Gasteiger charge is 2.30. The molecule has 1 heterocycles. The summed E-state index contributed by atoms with van der Waals surface area (Å²) in [6, 6.07) is 10.3. The summed E-state index contributed by atoms with van der Waals surface area (Å²) in [5, 5.41) is 14.3. The number of aryl methyl sites for hydroxylation is 2. The Bertz CT molecular complexity index is 1010. The summed E-state index contributed by atoms with van der Waals surface area (Å²) in [5.41, 5.74) is 2.24. The average Bonchev–Trinajstić information content (AvgIpc) is 3.08. The van der Waals surface area contributed by atoms with Crippen molar-refractivity contribution in [1.29, 1.82) is 0 Å². The summed E-state index contributed by atoms with van der Waals surface area (Å²) < 4.78 is 39.6. The van der Waals surface area contributed by atoms with Gasteiger partial charge in [-0.25, -0.2) is 0 Å². The quantitative estimate of drug-likeness (QED) is 0.684. The molecule has 0 radical (unpaired) electrons. The van der Waals surface area contributed by atoms with Gasteiger partial charge in [-0.15, -0.1) is 5.10 Å². The van der Waals surface area contributed by atoms with Crippen molar-refractivity contribution in [1.82, 2.24) is 20.2 Å². The van der Waals surface area contributed by atoms with Crippen LogP contribution in [0.4, 0.5) is 18.9 Å². The fourth-order valence-corrected chi connectivity index (χ4v) is 2.98. The van der Waals surface area contributed by atoms with Gasteiger partial charge in [0.15, 0.2) is 5.82 Å². The topological polar surface area (TPSA) is 72.7 Å². The number of rotatable bonds is 5. The summed E-state index contributed by atoms with van der Waals surface area (Å²) in [4.78, 5) is 12.4. The van der Waals surface area contributed by atoms with Crippen LogP contribution in [0.1, 0.15) is 41.8 Å². The van der Waals surface area contributed by atoms with Crippen molar-refractivity contribution in [3.63, 3.8) is 0 Å². The lowest BCUT2D eigenvalue weighted by atomic mass is 9.96. The first kappa shape index (κ1) is 20.5. The number of nitrogens with zero attached hydrogens (tertiary/aromatic N) is 4. The van der Waals surface area contributed by atoms with E-state index in [0.29, 0.717) is 17.1 Å². The lowest BCUT2D eigenvalue weighted by Crippen LogP contribution is -2.15. The summed E-state index contributed by atoms with van der Waals surface area (Å²) >= 11 is 0.